The van der Waals surface area contributed by atoms with Gasteiger partial charge in [0.25, 0.3) is 0 Å². The molecule has 0 bridgehead atoms. The van der Waals surface area contributed by atoms with Gasteiger partial charge >= 0.3 is 18.0 Å². The number of amides is 1. The van der Waals surface area contributed by atoms with Crippen LogP contribution in [-0.4, -0.2) is 47.1 Å². The van der Waals surface area contributed by atoms with E-state index in [1.165, 1.54) is 18.2 Å². The summed E-state index contributed by atoms with van der Waals surface area (Å²) in [5.41, 5.74) is 5.77. The van der Waals surface area contributed by atoms with Crippen molar-refractivity contribution in [2.24, 2.45) is 0 Å². The highest BCUT2D eigenvalue weighted by Gasteiger charge is 2.24. The molecule has 0 aliphatic rings. The van der Waals surface area contributed by atoms with Crippen molar-refractivity contribution in [3.8, 4) is 0 Å². The number of ether oxygens (including phenoxy) is 2. The number of rotatable bonds is 8. The van der Waals surface area contributed by atoms with Gasteiger partial charge in [-0.15, -0.1) is 11.8 Å². The highest BCUT2D eigenvalue weighted by molar-refractivity contribution is 7.99. The monoisotopic (exact) mass is 396 g/mol. The third kappa shape index (κ3) is 8.04. The van der Waals surface area contributed by atoms with E-state index in [1.807, 2.05) is 0 Å². The number of hydrogen-bond acceptors (Lipinski definition) is 7. The third-order valence-corrected chi connectivity index (χ3v) is 4.16. The van der Waals surface area contributed by atoms with Crippen molar-refractivity contribution in [2.75, 3.05) is 18.1 Å². The normalized spacial score (nSPS) is 12.0. The fraction of sp³-hybridized carbons (Fsp3) is 0.389. The number of alkyl carbamates (subject to hydrolysis) is 1. The average molecular weight is 396 g/mol. The van der Waals surface area contributed by atoms with E-state index < -0.39 is 29.7 Å². The van der Waals surface area contributed by atoms with E-state index >= 15 is 0 Å². The number of thioether (sulfide) groups is 1. The Morgan fingerprint density at radius 2 is 2.04 bits per heavy atom. The van der Waals surface area contributed by atoms with Gasteiger partial charge in [-0.1, -0.05) is 12.7 Å². The number of anilines is 1. The fourth-order valence-electron chi connectivity index (χ4n) is 1.82. The van der Waals surface area contributed by atoms with Gasteiger partial charge < -0.3 is 25.6 Å². The second kappa shape index (κ2) is 9.86. The second-order valence-electron chi connectivity index (χ2n) is 6.49. The van der Waals surface area contributed by atoms with Gasteiger partial charge in [-0.25, -0.2) is 14.4 Å². The van der Waals surface area contributed by atoms with Crippen LogP contribution < -0.4 is 11.1 Å². The van der Waals surface area contributed by atoms with Gasteiger partial charge in [-0.05, 0) is 39.0 Å². The van der Waals surface area contributed by atoms with Crippen LogP contribution in [0.4, 0.5) is 10.5 Å². The molecule has 1 atom stereocenters. The van der Waals surface area contributed by atoms with Gasteiger partial charge in [0.2, 0.25) is 0 Å². The minimum absolute atomic E-state index is 0.0268. The molecule has 0 aliphatic heterocycles. The minimum Gasteiger partial charge on any atom is -0.480 e. The zero-order valence-electron chi connectivity index (χ0n) is 15.5. The molecule has 0 aromatic heterocycles. The number of aliphatic carboxylic acids is 1. The Labute approximate surface area is 162 Å². The highest BCUT2D eigenvalue weighted by Crippen LogP contribution is 2.27. The smallest absolute Gasteiger partial charge is 0.408 e. The number of carboxylic acid groups (broad SMARTS) is 1. The molecule has 0 spiro atoms. The summed E-state index contributed by atoms with van der Waals surface area (Å²) in [6.45, 7) is 8.59. The molecule has 0 radical (unpaired) electrons. The molecule has 0 saturated heterocycles. The van der Waals surface area contributed by atoms with Crippen molar-refractivity contribution >= 4 is 35.5 Å². The first-order chi connectivity index (χ1) is 12.5. The summed E-state index contributed by atoms with van der Waals surface area (Å²) in [5.74, 6) is -1.70. The third-order valence-electron chi connectivity index (χ3n) is 2.97. The molecule has 9 heteroatoms. The quantitative estimate of drug-likeness (QED) is 0.265. The zero-order valence-corrected chi connectivity index (χ0v) is 16.3. The Morgan fingerprint density at radius 3 is 2.56 bits per heavy atom. The van der Waals surface area contributed by atoms with Crippen molar-refractivity contribution in [3.63, 3.8) is 0 Å². The molecule has 27 heavy (non-hydrogen) atoms. The number of nitrogens with one attached hydrogen (secondary N) is 1. The van der Waals surface area contributed by atoms with E-state index in [9.17, 15) is 19.5 Å². The van der Waals surface area contributed by atoms with Crippen molar-refractivity contribution in [1.82, 2.24) is 5.32 Å². The van der Waals surface area contributed by atoms with E-state index in [2.05, 4.69) is 11.9 Å². The summed E-state index contributed by atoms with van der Waals surface area (Å²) in [7, 11) is 0. The number of carbonyl (C=O) groups excluding carboxylic acids is 2. The molecular weight excluding hydrogens is 372 g/mol. The molecule has 0 heterocycles. The average Bonchev–Trinajstić information content (AvgIpc) is 2.55. The van der Waals surface area contributed by atoms with E-state index in [4.69, 9.17) is 15.2 Å². The number of esters is 1. The van der Waals surface area contributed by atoms with Gasteiger partial charge in [0.1, 0.15) is 18.2 Å². The SMILES string of the molecule is C=CCOC(=O)c1ccc(SCC(NC(=O)OC(C)(C)C)C(=O)O)c(N)c1. The van der Waals surface area contributed by atoms with Gasteiger partial charge in [0, 0.05) is 16.3 Å². The minimum atomic E-state index is -1.20. The number of carboxylic acids is 1. The first-order valence-corrected chi connectivity index (χ1v) is 9.04. The van der Waals surface area contributed by atoms with E-state index in [1.54, 1.807) is 26.8 Å². The molecule has 1 aromatic rings. The standard InChI is InChI=1S/C18H24N2O6S/c1-5-8-25-16(23)11-6-7-14(12(19)9-11)27-10-13(15(21)22)20-17(24)26-18(2,3)4/h5-7,9,13H,1,8,10,19H2,2-4H3,(H,20,24)(H,21,22). The Kier molecular flexibility index (Phi) is 8.17. The largest absolute Gasteiger partial charge is 0.480 e. The van der Waals surface area contributed by atoms with Gasteiger partial charge in [-0.2, -0.15) is 0 Å². The predicted molar refractivity (Wildman–Crippen MR) is 103 cm³/mol. The van der Waals surface area contributed by atoms with Gasteiger partial charge in [0.05, 0.1) is 5.56 Å². The lowest BCUT2D eigenvalue weighted by atomic mass is 10.2. The molecule has 1 aromatic carbocycles. The Morgan fingerprint density at radius 1 is 1.37 bits per heavy atom. The molecule has 0 fully saturated rings. The maximum absolute atomic E-state index is 11.8. The molecule has 0 saturated carbocycles. The van der Waals surface area contributed by atoms with Crippen LogP contribution in [0.25, 0.3) is 0 Å². The Hall–Kier alpha value is -2.68. The summed E-state index contributed by atoms with van der Waals surface area (Å²) in [6, 6.07) is 3.41. The highest BCUT2D eigenvalue weighted by atomic mass is 32.2. The van der Waals surface area contributed by atoms with Crippen molar-refractivity contribution < 1.29 is 29.0 Å². The van der Waals surface area contributed by atoms with Crippen LogP contribution in [0.1, 0.15) is 31.1 Å². The maximum atomic E-state index is 11.8. The van der Waals surface area contributed by atoms with E-state index in [0.717, 1.165) is 11.8 Å². The molecule has 0 aliphatic carbocycles. The summed E-state index contributed by atoms with van der Waals surface area (Å²) in [5, 5.41) is 11.6. The molecule has 1 rings (SSSR count). The molecule has 8 nitrogen and oxygen atoms in total. The Bertz CT molecular complexity index is 714. The van der Waals surface area contributed by atoms with Crippen molar-refractivity contribution in [1.29, 1.82) is 0 Å². The van der Waals surface area contributed by atoms with Crippen LogP contribution in [0.15, 0.2) is 35.7 Å². The molecular formula is C18H24N2O6S. The van der Waals surface area contributed by atoms with Crippen molar-refractivity contribution in [3.05, 3.63) is 36.4 Å². The molecule has 1 amide bonds. The topological polar surface area (TPSA) is 128 Å². The van der Waals surface area contributed by atoms with Crippen LogP contribution in [0.5, 0.6) is 0 Å². The maximum Gasteiger partial charge on any atom is 0.408 e. The van der Waals surface area contributed by atoms with Crippen LogP contribution in [0.3, 0.4) is 0 Å². The predicted octanol–water partition coefficient (Wildman–Crippen LogP) is 2.68. The first-order valence-electron chi connectivity index (χ1n) is 8.06. The number of benzene rings is 1. The summed E-state index contributed by atoms with van der Waals surface area (Å²) in [4.78, 5) is 35.5. The Balaban J connectivity index is 2.73. The van der Waals surface area contributed by atoms with Crippen LogP contribution in [0, 0.1) is 0 Å². The number of carbonyl (C=O) groups is 3. The zero-order chi connectivity index (χ0) is 20.6. The number of nitrogens with two attached hydrogens (primary N) is 1. The van der Waals surface area contributed by atoms with Crippen LogP contribution >= 0.6 is 11.8 Å². The first kappa shape index (κ1) is 22.4. The van der Waals surface area contributed by atoms with Gasteiger partial charge in [0.15, 0.2) is 0 Å². The van der Waals surface area contributed by atoms with Gasteiger partial charge in [-0.3, -0.25) is 0 Å². The van der Waals surface area contributed by atoms with Crippen LogP contribution in [0.2, 0.25) is 0 Å². The molecule has 1 unspecified atom stereocenters. The lowest BCUT2D eigenvalue weighted by Crippen LogP contribution is -2.44. The number of nitrogen functional groups attached to an aromatic ring is 1. The second-order valence-corrected chi connectivity index (χ2v) is 7.55. The lowest BCUT2D eigenvalue weighted by Gasteiger charge is -2.22. The molecule has 148 valence electrons. The van der Waals surface area contributed by atoms with Crippen LogP contribution in [-0.2, 0) is 14.3 Å². The van der Waals surface area contributed by atoms with Crippen molar-refractivity contribution in [2.45, 2.75) is 37.3 Å². The summed E-state index contributed by atoms with van der Waals surface area (Å²) in [6.07, 6.45) is 0.638. The fourth-order valence-corrected chi connectivity index (χ4v) is 2.78. The lowest BCUT2D eigenvalue weighted by molar-refractivity contribution is -0.138. The molecule has 4 N–H and O–H groups in total. The van der Waals surface area contributed by atoms with E-state index in [0.29, 0.717) is 10.6 Å². The van der Waals surface area contributed by atoms with E-state index in [-0.39, 0.29) is 17.9 Å². The summed E-state index contributed by atoms with van der Waals surface area (Å²) < 4.78 is 9.99. The summed E-state index contributed by atoms with van der Waals surface area (Å²) >= 11 is 1.14. The number of hydrogen-bond donors (Lipinski definition) is 3.